The van der Waals surface area contributed by atoms with Crippen LogP contribution in [0.5, 0.6) is 5.75 Å². The van der Waals surface area contributed by atoms with Crippen molar-refractivity contribution < 1.29 is 18.7 Å². The lowest BCUT2D eigenvalue weighted by Crippen LogP contribution is -2.38. The summed E-state index contributed by atoms with van der Waals surface area (Å²) in [5, 5.41) is 4.05. The first-order chi connectivity index (χ1) is 16.0. The zero-order chi connectivity index (χ0) is 23.2. The van der Waals surface area contributed by atoms with E-state index in [-0.39, 0.29) is 17.8 Å². The van der Waals surface area contributed by atoms with E-state index < -0.39 is 0 Å². The number of carbonyl (C=O) groups excluding carboxylic acids is 1. The second-order valence-corrected chi connectivity index (χ2v) is 8.84. The highest BCUT2D eigenvalue weighted by Crippen LogP contribution is 2.23. The zero-order valence-corrected chi connectivity index (χ0v) is 19.3. The van der Waals surface area contributed by atoms with E-state index in [1.165, 1.54) is 22.6 Å². The van der Waals surface area contributed by atoms with E-state index in [1.54, 1.807) is 19.2 Å². The first-order valence-electron chi connectivity index (χ1n) is 11.5. The van der Waals surface area contributed by atoms with Gasteiger partial charge in [-0.3, -0.25) is 4.90 Å². The summed E-state index contributed by atoms with van der Waals surface area (Å²) in [6.07, 6.45) is 4.35. The Morgan fingerprint density at radius 3 is 2.97 bits per heavy atom. The number of nitrogens with zero attached hydrogens (tertiary/aromatic N) is 1. The minimum atomic E-state index is -0.387. The number of rotatable bonds is 8. The van der Waals surface area contributed by atoms with Crippen LogP contribution < -0.4 is 10.1 Å². The molecule has 0 aliphatic carbocycles. The van der Waals surface area contributed by atoms with Crippen LogP contribution in [0.2, 0.25) is 0 Å². The number of amides is 1. The zero-order valence-electron chi connectivity index (χ0n) is 19.3. The summed E-state index contributed by atoms with van der Waals surface area (Å²) >= 11 is 0. The second-order valence-electron chi connectivity index (χ2n) is 8.84. The highest BCUT2D eigenvalue weighted by molar-refractivity contribution is 5.83. The molecule has 33 heavy (non-hydrogen) atoms. The number of aromatic amines is 1. The average Bonchev–Trinajstić information content (AvgIpc) is 3.21. The molecule has 1 atom stereocenters. The van der Waals surface area contributed by atoms with Crippen molar-refractivity contribution in [3.8, 4) is 5.75 Å². The molecule has 1 unspecified atom stereocenters. The molecule has 0 spiro atoms. The largest absolute Gasteiger partial charge is 0.497 e. The van der Waals surface area contributed by atoms with Crippen molar-refractivity contribution in [1.82, 2.24) is 15.2 Å². The van der Waals surface area contributed by atoms with Gasteiger partial charge in [-0.15, -0.1) is 0 Å². The van der Waals surface area contributed by atoms with Crippen molar-refractivity contribution in [2.75, 3.05) is 33.4 Å². The van der Waals surface area contributed by atoms with Gasteiger partial charge in [0.05, 0.1) is 13.7 Å². The number of carbonyl (C=O) groups is 1. The molecule has 3 aromatic rings. The van der Waals surface area contributed by atoms with Gasteiger partial charge in [0.25, 0.3) is 0 Å². The maximum atomic E-state index is 14.2. The molecule has 1 aliphatic rings. The number of hydrogen-bond acceptors (Lipinski definition) is 4. The monoisotopic (exact) mass is 453 g/mol. The van der Waals surface area contributed by atoms with Crippen molar-refractivity contribution in [1.29, 1.82) is 0 Å². The van der Waals surface area contributed by atoms with Gasteiger partial charge in [-0.1, -0.05) is 11.6 Å². The number of likely N-dealkylation sites (tertiary alicyclic amines) is 1. The fourth-order valence-corrected chi connectivity index (χ4v) is 4.51. The average molecular weight is 454 g/mol. The fourth-order valence-electron chi connectivity index (χ4n) is 4.51. The molecule has 1 fully saturated rings. The van der Waals surface area contributed by atoms with Crippen LogP contribution in [0.25, 0.3) is 10.9 Å². The first kappa shape index (κ1) is 23.1. The molecule has 7 heteroatoms. The smallest absolute Gasteiger partial charge is 0.407 e. The Morgan fingerprint density at radius 1 is 1.24 bits per heavy atom. The Kier molecular flexibility index (Phi) is 7.50. The normalized spacial score (nSPS) is 16.6. The minimum Gasteiger partial charge on any atom is -0.497 e. The summed E-state index contributed by atoms with van der Waals surface area (Å²) in [5.74, 6) is 0.677. The molecule has 1 saturated heterocycles. The summed E-state index contributed by atoms with van der Waals surface area (Å²) in [6, 6.07) is 11.1. The number of fused-ring (bicyclic) bond motifs is 1. The van der Waals surface area contributed by atoms with Crippen molar-refractivity contribution in [3.05, 3.63) is 65.1 Å². The minimum absolute atomic E-state index is 0.223. The predicted molar refractivity (Wildman–Crippen MR) is 127 cm³/mol. The number of halogens is 1. The Bertz CT molecular complexity index is 1100. The van der Waals surface area contributed by atoms with Gasteiger partial charge in [-0.05, 0) is 68.6 Å². The molecule has 2 aromatic carbocycles. The Balaban J connectivity index is 1.21. The van der Waals surface area contributed by atoms with E-state index in [4.69, 9.17) is 9.47 Å². The summed E-state index contributed by atoms with van der Waals surface area (Å²) in [7, 11) is 1.58. The van der Waals surface area contributed by atoms with Crippen LogP contribution in [0.4, 0.5) is 9.18 Å². The van der Waals surface area contributed by atoms with Crippen molar-refractivity contribution in [3.63, 3.8) is 0 Å². The molecule has 0 radical (unpaired) electrons. The number of H-pyrrole nitrogens is 1. The van der Waals surface area contributed by atoms with Crippen molar-refractivity contribution in [2.45, 2.75) is 32.7 Å². The van der Waals surface area contributed by atoms with E-state index in [2.05, 4.69) is 40.3 Å². The molecule has 1 aromatic heterocycles. The van der Waals surface area contributed by atoms with E-state index >= 15 is 0 Å². The number of benzene rings is 2. The lowest BCUT2D eigenvalue weighted by molar-refractivity contribution is 0.0867. The van der Waals surface area contributed by atoms with Crippen LogP contribution in [-0.4, -0.2) is 49.3 Å². The van der Waals surface area contributed by atoms with Gasteiger partial charge >= 0.3 is 6.09 Å². The van der Waals surface area contributed by atoms with Crippen LogP contribution in [-0.2, 0) is 17.7 Å². The van der Waals surface area contributed by atoms with Gasteiger partial charge in [-0.2, -0.15) is 0 Å². The molecular formula is C26H32FN3O3. The number of hydrogen-bond donors (Lipinski definition) is 2. The summed E-state index contributed by atoms with van der Waals surface area (Å²) in [6.45, 7) is 5.17. The number of nitrogens with one attached hydrogen (secondary N) is 2. The Morgan fingerprint density at radius 2 is 2.12 bits per heavy atom. The van der Waals surface area contributed by atoms with Crippen LogP contribution in [0, 0.1) is 18.7 Å². The SMILES string of the molecule is COc1ccc(F)c(CN2CCCC(COC(=O)NCCc3c[nH]c4ccc(C)cc34)C2)c1. The van der Waals surface area contributed by atoms with Gasteiger partial charge in [-0.25, -0.2) is 9.18 Å². The molecule has 0 saturated carbocycles. The lowest BCUT2D eigenvalue weighted by Gasteiger charge is -2.32. The third-order valence-electron chi connectivity index (χ3n) is 6.29. The number of aromatic nitrogens is 1. The summed E-state index contributed by atoms with van der Waals surface area (Å²) < 4.78 is 24.9. The molecule has 1 amide bonds. The first-order valence-corrected chi connectivity index (χ1v) is 11.5. The standard InChI is InChI=1S/C26H32FN3O3/c1-18-5-8-25-23(12-18)20(14-29-25)9-10-28-26(31)33-17-19-4-3-11-30(15-19)16-21-13-22(32-2)6-7-24(21)27/h5-8,12-14,19,29H,3-4,9-11,15-17H2,1-2H3,(H,28,31). The topological polar surface area (TPSA) is 66.6 Å². The van der Waals surface area contributed by atoms with Gasteiger partial charge in [0, 0.05) is 48.2 Å². The van der Waals surface area contributed by atoms with Gasteiger partial charge in [0.2, 0.25) is 0 Å². The van der Waals surface area contributed by atoms with Crippen LogP contribution in [0.3, 0.4) is 0 Å². The molecule has 0 bridgehead atoms. The third kappa shape index (κ3) is 6.05. The fraction of sp³-hybridized carbons (Fsp3) is 0.423. The number of alkyl carbamates (subject to hydrolysis) is 1. The maximum Gasteiger partial charge on any atom is 0.407 e. The summed E-state index contributed by atoms with van der Waals surface area (Å²) in [4.78, 5) is 17.7. The number of methoxy groups -OCH3 is 1. The third-order valence-corrected chi connectivity index (χ3v) is 6.29. The molecular weight excluding hydrogens is 421 g/mol. The predicted octanol–water partition coefficient (Wildman–Crippen LogP) is 4.80. The van der Waals surface area contributed by atoms with E-state index in [0.29, 0.717) is 31.0 Å². The van der Waals surface area contributed by atoms with E-state index in [1.807, 2.05) is 6.20 Å². The number of aryl methyl sites for hydroxylation is 1. The quantitative estimate of drug-likeness (QED) is 0.514. The summed E-state index contributed by atoms with van der Waals surface area (Å²) in [5.41, 5.74) is 4.13. The van der Waals surface area contributed by atoms with Gasteiger partial charge in [0.1, 0.15) is 11.6 Å². The molecule has 2 N–H and O–H groups in total. The highest BCUT2D eigenvalue weighted by Gasteiger charge is 2.22. The van der Waals surface area contributed by atoms with E-state index in [9.17, 15) is 9.18 Å². The molecule has 2 heterocycles. The Hall–Kier alpha value is -3.06. The lowest BCUT2D eigenvalue weighted by atomic mass is 9.98. The maximum absolute atomic E-state index is 14.2. The molecule has 4 rings (SSSR count). The molecule has 176 valence electrons. The van der Waals surface area contributed by atoms with Crippen LogP contribution >= 0.6 is 0 Å². The van der Waals surface area contributed by atoms with Crippen molar-refractivity contribution >= 4 is 17.0 Å². The van der Waals surface area contributed by atoms with Crippen LogP contribution in [0.1, 0.15) is 29.5 Å². The molecule has 1 aliphatic heterocycles. The second kappa shape index (κ2) is 10.7. The van der Waals surface area contributed by atoms with Gasteiger partial charge < -0.3 is 19.8 Å². The van der Waals surface area contributed by atoms with E-state index in [0.717, 1.165) is 37.9 Å². The highest BCUT2D eigenvalue weighted by atomic mass is 19.1. The Labute approximate surface area is 194 Å². The van der Waals surface area contributed by atoms with Gasteiger partial charge in [0.15, 0.2) is 0 Å². The number of ether oxygens (including phenoxy) is 2. The van der Waals surface area contributed by atoms with Crippen LogP contribution in [0.15, 0.2) is 42.6 Å². The van der Waals surface area contributed by atoms with Crippen molar-refractivity contribution in [2.24, 2.45) is 5.92 Å². The number of piperidine rings is 1. The molecule has 6 nitrogen and oxygen atoms in total.